The molecule has 1 aromatic heterocycles. The van der Waals surface area contributed by atoms with E-state index in [4.69, 9.17) is 5.11 Å². The first-order valence-corrected chi connectivity index (χ1v) is 6.27. The van der Waals surface area contributed by atoms with Gasteiger partial charge in [0.25, 0.3) is 0 Å². The molecule has 0 fully saturated rings. The Morgan fingerprint density at radius 1 is 1.53 bits per heavy atom. The molecule has 102 valence electrons. The van der Waals surface area contributed by atoms with E-state index < -0.39 is 5.97 Å². The van der Waals surface area contributed by atoms with E-state index in [0.717, 1.165) is 22.9 Å². The molecule has 1 unspecified atom stereocenters. The van der Waals surface area contributed by atoms with Crippen LogP contribution in [0, 0.1) is 5.82 Å². The Hall–Kier alpha value is -1.88. The molecule has 1 atom stereocenters. The Morgan fingerprint density at radius 2 is 2.32 bits per heavy atom. The molecule has 0 aliphatic rings. The normalized spacial score (nSPS) is 12.7. The number of halogens is 1. The molecule has 3 N–H and O–H groups in total. The number of aromatic nitrogens is 1. The van der Waals surface area contributed by atoms with Crippen molar-refractivity contribution in [2.75, 3.05) is 6.54 Å². The van der Waals surface area contributed by atoms with Gasteiger partial charge in [0.1, 0.15) is 5.82 Å². The van der Waals surface area contributed by atoms with E-state index >= 15 is 0 Å². The maximum atomic E-state index is 13.2. The van der Waals surface area contributed by atoms with E-state index in [2.05, 4.69) is 10.3 Å². The number of benzene rings is 1. The first-order chi connectivity index (χ1) is 9.06. The Bertz CT molecular complexity index is 580. The number of nitrogens with one attached hydrogen (secondary N) is 2. The Labute approximate surface area is 110 Å². The molecule has 0 aliphatic heterocycles. The summed E-state index contributed by atoms with van der Waals surface area (Å²) in [7, 11) is 0. The molecule has 0 bridgehead atoms. The molecule has 5 heteroatoms. The highest BCUT2D eigenvalue weighted by atomic mass is 19.1. The predicted molar refractivity (Wildman–Crippen MR) is 71.7 cm³/mol. The molecular formula is C14H17FN2O2. The summed E-state index contributed by atoms with van der Waals surface area (Å²) in [5.41, 5.74) is 1.94. The van der Waals surface area contributed by atoms with Crippen LogP contribution in [0.2, 0.25) is 0 Å². The molecule has 2 rings (SSSR count). The smallest absolute Gasteiger partial charge is 0.304 e. The van der Waals surface area contributed by atoms with E-state index in [1.54, 1.807) is 6.07 Å². The van der Waals surface area contributed by atoms with Crippen molar-refractivity contribution in [1.29, 1.82) is 0 Å². The standard InChI is InChI=1S/C14H17FN2O2/c1-9(16-5-4-14(18)19)6-10-8-17-13-3-2-11(15)7-12(10)13/h2-3,7-9,16-17H,4-6H2,1H3,(H,18,19). The fourth-order valence-corrected chi connectivity index (χ4v) is 2.15. The van der Waals surface area contributed by atoms with E-state index in [0.29, 0.717) is 6.54 Å². The summed E-state index contributed by atoms with van der Waals surface area (Å²) in [4.78, 5) is 13.5. The van der Waals surface area contributed by atoms with Crippen molar-refractivity contribution >= 4 is 16.9 Å². The molecule has 2 aromatic rings. The average Bonchev–Trinajstić information content (AvgIpc) is 2.71. The second-order valence-electron chi connectivity index (χ2n) is 4.71. The molecule has 0 saturated carbocycles. The van der Waals surface area contributed by atoms with Crippen LogP contribution >= 0.6 is 0 Å². The van der Waals surface area contributed by atoms with Gasteiger partial charge in [-0.25, -0.2) is 4.39 Å². The molecular weight excluding hydrogens is 247 g/mol. The van der Waals surface area contributed by atoms with Crippen LogP contribution in [-0.4, -0.2) is 28.6 Å². The summed E-state index contributed by atoms with van der Waals surface area (Å²) >= 11 is 0. The third-order valence-electron chi connectivity index (χ3n) is 3.09. The number of aliphatic carboxylic acids is 1. The van der Waals surface area contributed by atoms with E-state index in [9.17, 15) is 9.18 Å². The zero-order chi connectivity index (χ0) is 13.8. The average molecular weight is 264 g/mol. The second kappa shape index (κ2) is 5.84. The van der Waals surface area contributed by atoms with Crippen LogP contribution in [0.5, 0.6) is 0 Å². The highest BCUT2D eigenvalue weighted by molar-refractivity contribution is 5.83. The van der Waals surface area contributed by atoms with E-state index in [-0.39, 0.29) is 18.3 Å². The van der Waals surface area contributed by atoms with Crippen LogP contribution in [0.3, 0.4) is 0 Å². The quantitative estimate of drug-likeness (QED) is 0.750. The van der Waals surface area contributed by atoms with Crippen molar-refractivity contribution in [2.24, 2.45) is 0 Å². The van der Waals surface area contributed by atoms with Crippen LogP contribution in [0.4, 0.5) is 4.39 Å². The van der Waals surface area contributed by atoms with Gasteiger partial charge in [-0.05, 0) is 37.1 Å². The lowest BCUT2D eigenvalue weighted by molar-refractivity contribution is -0.136. The molecule has 19 heavy (non-hydrogen) atoms. The fraction of sp³-hybridized carbons (Fsp3) is 0.357. The summed E-state index contributed by atoms with van der Waals surface area (Å²) in [5, 5.41) is 12.6. The number of H-pyrrole nitrogens is 1. The monoisotopic (exact) mass is 264 g/mol. The molecule has 0 saturated heterocycles. The number of aromatic amines is 1. The summed E-state index contributed by atoms with van der Waals surface area (Å²) < 4.78 is 13.2. The van der Waals surface area contributed by atoms with Crippen molar-refractivity contribution in [3.05, 3.63) is 35.8 Å². The van der Waals surface area contributed by atoms with Gasteiger partial charge in [0.15, 0.2) is 0 Å². The fourth-order valence-electron chi connectivity index (χ4n) is 2.15. The van der Waals surface area contributed by atoms with Gasteiger partial charge >= 0.3 is 5.97 Å². The second-order valence-corrected chi connectivity index (χ2v) is 4.71. The number of carbonyl (C=O) groups is 1. The van der Waals surface area contributed by atoms with Crippen molar-refractivity contribution in [1.82, 2.24) is 10.3 Å². The summed E-state index contributed by atoms with van der Waals surface area (Å²) in [6, 6.07) is 4.81. The zero-order valence-corrected chi connectivity index (χ0v) is 10.7. The Kier molecular flexibility index (Phi) is 4.16. The molecule has 0 amide bonds. The van der Waals surface area contributed by atoms with Gasteiger partial charge < -0.3 is 15.4 Å². The first kappa shape index (κ1) is 13.5. The molecule has 0 aliphatic carbocycles. The first-order valence-electron chi connectivity index (χ1n) is 6.27. The summed E-state index contributed by atoms with van der Waals surface area (Å²) in [6.45, 7) is 2.42. The number of hydrogen-bond donors (Lipinski definition) is 3. The van der Waals surface area contributed by atoms with Crippen LogP contribution in [0.1, 0.15) is 18.9 Å². The van der Waals surface area contributed by atoms with Crippen LogP contribution in [-0.2, 0) is 11.2 Å². The minimum atomic E-state index is -0.811. The number of fused-ring (bicyclic) bond motifs is 1. The molecule has 0 spiro atoms. The number of rotatable bonds is 6. The maximum Gasteiger partial charge on any atom is 0.304 e. The molecule has 4 nitrogen and oxygen atoms in total. The molecule has 1 heterocycles. The largest absolute Gasteiger partial charge is 0.481 e. The van der Waals surface area contributed by atoms with Crippen LogP contribution in [0.25, 0.3) is 10.9 Å². The van der Waals surface area contributed by atoms with Crippen LogP contribution in [0.15, 0.2) is 24.4 Å². The third-order valence-corrected chi connectivity index (χ3v) is 3.09. The van der Waals surface area contributed by atoms with Crippen LogP contribution < -0.4 is 5.32 Å². The summed E-state index contributed by atoms with van der Waals surface area (Å²) in [5.74, 6) is -1.06. The van der Waals surface area contributed by atoms with Crippen molar-refractivity contribution in [2.45, 2.75) is 25.8 Å². The van der Waals surface area contributed by atoms with Gasteiger partial charge in [-0.2, -0.15) is 0 Å². The predicted octanol–water partition coefficient (Wildman–Crippen LogP) is 2.30. The van der Waals surface area contributed by atoms with Crippen molar-refractivity contribution in [3.8, 4) is 0 Å². The van der Waals surface area contributed by atoms with Crippen molar-refractivity contribution < 1.29 is 14.3 Å². The van der Waals surface area contributed by atoms with E-state index in [1.165, 1.54) is 12.1 Å². The van der Waals surface area contributed by atoms with Gasteiger partial charge in [-0.1, -0.05) is 0 Å². The van der Waals surface area contributed by atoms with Crippen molar-refractivity contribution in [3.63, 3.8) is 0 Å². The number of carboxylic acids is 1. The topological polar surface area (TPSA) is 65.1 Å². The minimum absolute atomic E-state index is 0.104. The lowest BCUT2D eigenvalue weighted by atomic mass is 10.1. The van der Waals surface area contributed by atoms with E-state index in [1.807, 2.05) is 13.1 Å². The lowest BCUT2D eigenvalue weighted by Gasteiger charge is -2.12. The van der Waals surface area contributed by atoms with Gasteiger partial charge in [-0.3, -0.25) is 4.79 Å². The van der Waals surface area contributed by atoms with Gasteiger partial charge in [0.2, 0.25) is 0 Å². The highest BCUT2D eigenvalue weighted by Gasteiger charge is 2.09. The molecule has 0 radical (unpaired) electrons. The zero-order valence-electron chi connectivity index (χ0n) is 10.7. The SMILES string of the molecule is CC(Cc1c[nH]c2ccc(F)cc12)NCCC(=O)O. The number of carboxylic acid groups (broad SMARTS) is 1. The van der Waals surface area contributed by atoms with Gasteiger partial charge in [-0.15, -0.1) is 0 Å². The highest BCUT2D eigenvalue weighted by Crippen LogP contribution is 2.20. The maximum absolute atomic E-state index is 13.2. The van der Waals surface area contributed by atoms with Gasteiger partial charge in [0, 0.05) is 29.7 Å². The Balaban J connectivity index is 2.00. The number of hydrogen-bond acceptors (Lipinski definition) is 2. The minimum Gasteiger partial charge on any atom is -0.481 e. The molecule has 1 aromatic carbocycles. The third kappa shape index (κ3) is 3.54. The van der Waals surface area contributed by atoms with Gasteiger partial charge in [0.05, 0.1) is 6.42 Å². The Morgan fingerprint density at radius 3 is 3.05 bits per heavy atom. The lowest BCUT2D eigenvalue weighted by Crippen LogP contribution is -2.30. The summed E-state index contributed by atoms with van der Waals surface area (Å²) in [6.07, 6.45) is 2.70.